The van der Waals surface area contributed by atoms with Gasteiger partial charge in [-0.15, -0.1) is 0 Å². The lowest BCUT2D eigenvalue weighted by atomic mass is 10.2. The van der Waals surface area contributed by atoms with Crippen LogP contribution < -0.4 is 9.80 Å². The van der Waals surface area contributed by atoms with Crippen LogP contribution in [0, 0.1) is 19.1 Å². The summed E-state index contributed by atoms with van der Waals surface area (Å²) < 4.78 is 16.1. The van der Waals surface area contributed by atoms with Crippen molar-refractivity contribution in [1.82, 2.24) is 0 Å². The quantitative estimate of drug-likeness (QED) is 0.0302. The molecule has 53 heavy (non-hydrogen) atoms. The molecule has 2 aromatic rings. The molecule has 2 aliphatic heterocycles. The van der Waals surface area contributed by atoms with E-state index in [0.29, 0.717) is 34.5 Å². The molecule has 0 fully saturated rings. The van der Waals surface area contributed by atoms with Gasteiger partial charge in [0.05, 0.1) is 66.6 Å². The Morgan fingerprint density at radius 1 is 0.792 bits per heavy atom. The van der Waals surface area contributed by atoms with E-state index in [1.807, 2.05) is 50.2 Å². The van der Waals surface area contributed by atoms with Crippen molar-refractivity contribution in [3.8, 4) is 0 Å². The molecule has 0 radical (unpaired) electrons. The maximum Gasteiger partial charge on any atom is 0.330 e. The van der Waals surface area contributed by atoms with Gasteiger partial charge in [-0.25, -0.2) is 34.0 Å². The van der Waals surface area contributed by atoms with Crippen LogP contribution in [0.3, 0.4) is 0 Å². The third-order valence-electron chi connectivity index (χ3n) is 8.21. The van der Waals surface area contributed by atoms with Crippen LogP contribution in [0.15, 0.2) is 80.3 Å². The third kappa shape index (κ3) is 12.1. The van der Waals surface area contributed by atoms with E-state index in [0.717, 1.165) is 50.1 Å². The minimum Gasteiger partial charge on any atom is -0.462 e. The number of nitrogens with zero attached hydrogens (tertiary/aromatic N) is 4. The van der Waals surface area contributed by atoms with Crippen LogP contribution in [0.5, 0.6) is 0 Å². The summed E-state index contributed by atoms with van der Waals surface area (Å²) in [6.45, 7) is 24.0. The molecule has 4 rings (SSSR count). The first kappa shape index (κ1) is 42.5. The molecule has 0 bridgehead atoms. The molecule has 284 valence electrons. The van der Waals surface area contributed by atoms with Crippen molar-refractivity contribution in [3.63, 3.8) is 0 Å². The van der Waals surface area contributed by atoms with Crippen molar-refractivity contribution < 1.29 is 38.6 Å². The largest absolute Gasteiger partial charge is 0.462 e. The Kier molecular flexibility index (Phi) is 17.3. The predicted molar refractivity (Wildman–Crippen MR) is 207 cm³/mol. The van der Waals surface area contributed by atoms with E-state index >= 15 is 0 Å². The van der Waals surface area contributed by atoms with Crippen LogP contribution in [-0.2, 0) is 38.6 Å². The molecule has 2 heterocycles. The number of hydrogen-bond acceptors (Lipinski definition) is 12. The van der Waals surface area contributed by atoms with Crippen molar-refractivity contribution in [1.29, 1.82) is 0 Å². The number of ether oxygens (including phenoxy) is 3. The summed E-state index contributed by atoms with van der Waals surface area (Å²) in [6.07, 6.45) is 2.58. The molecule has 0 aliphatic carbocycles. The Labute approximate surface area is 329 Å². The van der Waals surface area contributed by atoms with E-state index < -0.39 is 11.9 Å². The Morgan fingerprint density at radius 2 is 1.25 bits per heavy atom. The Morgan fingerprint density at radius 3 is 1.64 bits per heavy atom. The maximum atomic E-state index is 11.8. The molecule has 2 aliphatic rings. The fourth-order valence-corrected chi connectivity index (χ4v) is 7.90. The average molecular weight is 806 g/mol. The zero-order valence-electron chi connectivity index (χ0n) is 30.0. The van der Waals surface area contributed by atoms with Crippen LogP contribution in [0.4, 0.5) is 11.4 Å². The first-order valence-corrected chi connectivity index (χ1v) is 19.1. The number of benzene rings is 2. The van der Waals surface area contributed by atoms with Gasteiger partial charge in [-0.3, -0.25) is 0 Å². The summed E-state index contributed by atoms with van der Waals surface area (Å²) in [4.78, 5) is 47.4. The minimum atomic E-state index is -0.612. The highest BCUT2D eigenvalue weighted by Gasteiger charge is 2.30. The average Bonchev–Trinajstić information content (AvgIpc) is 3.70. The molecule has 0 N–H and O–H groups in total. The zero-order chi connectivity index (χ0) is 38.3. The summed E-state index contributed by atoms with van der Waals surface area (Å²) in [5.41, 5.74) is 2.60. The van der Waals surface area contributed by atoms with Crippen molar-refractivity contribution in [3.05, 3.63) is 103 Å². The molecule has 2 atom stereocenters. The summed E-state index contributed by atoms with van der Waals surface area (Å²) in [5.74, 6) is -1.14. The fraction of sp³-hybridized carbons (Fsp3) is 0.432. The van der Waals surface area contributed by atoms with Gasteiger partial charge < -0.3 is 24.0 Å². The standard InChI is InChI=1S/C37H42Cl2N4O8S2/c1-8-35(44)47-19-26(20-48-50-22-29(40-4)36-42(15-13-24(2)45-6)31-11-9-27(38)17-33(31)52-36)21-49-51-23-30(41-5)37-43(16-14-25(3)46-7)32-12-10-28(39)18-34(32)53-37/h8-12,17-18,24-26H,1,13-16,19-23H2,2-3,6-7H3/b36-29+,37-30+. The number of hydrogen-bond donors (Lipinski definition) is 0. The maximum absolute atomic E-state index is 11.8. The number of rotatable bonds is 21. The minimum absolute atomic E-state index is 0.0274. The van der Waals surface area contributed by atoms with Gasteiger partial charge in [0.25, 0.3) is 0 Å². The van der Waals surface area contributed by atoms with E-state index in [9.17, 15) is 4.79 Å². The second-order valence-electron chi connectivity index (χ2n) is 11.9. The number of esters is 1. The normalized spacial score (nSPS) is 17.0. The summed E-state index contributed by atoms with van der Waals surface area (Å²) >= 11 is 15.4. The number of methoxy groups -OCH3 is 2. The highest BCUT2D eigenvalue weighted by molar-refractivity contribution is 8.04. The summed E-state index contributed by atoms with van der Waals surface area (Å²) in [5, 5.41) is 2.65. The van der Waals surface area contributed by atoms with Crippen LogP contribution in [-0.4, -0.2) is 78.5 Å². The van der Waals surface area contributed by atoms with Crippen molar-refractivity contribution in [2.45, 2.75) is 48.7 Å². The molecule has 2 unspecified atom stereocenters. The van der Waals surface area contributed by atoms with E-state index in [1.54, 1.807) is 14.2 Å². The topological polar surface area (TPSA) is 96.9 Å². The number of halogens is 2. The lowest BCUT2D eigenvalue weighted by Crippen LogP contribution is -2.25. The molecule has 0 aromatic heterocycles. The summed E-state index contributed by atoms with van der Waals surface area (Å²) in [7, 11) is 3.33. The van der Waals surface area contributed by atoms with Crippen molar-refractivity contribution in [2.24, 2.45) is 5.92 Å². The molecule has 0 spiro atoms. The molecule has 0 saturated heterocycles. The van der Waals surface area contributed by atoms with Crippen LogP contribution in [0.1, 0.15) is 26.7 Å². The highest BCUT2D eigenvalue weighted by atomic mass is 35.5. The Hall–Kier alpha value is -3.25. The first-order chi connectivity index (χ1) is 25.6. The van der Waals surface area contributed by atoms with Crippen molar-refractivity contribution in [2.75, 3.05) is 70.1 Å². The van der Waals surface area contributed by atoms with Gasteiger partial charge in [-0.05, 0) is 63.1 Å². The van der Waals surface area contributed by atoms with Gasteiger partial charge in [0.15, 0.2) is 0 Å². The molecule has 16 heteroatoms. The number of thioether (sulfide) groups is 2. The predicted octanol–water partition coefficient (Wildman–Crippen LogP) is 8.79. The van der Waals surface area contributed by atoms with Crippen LogP contribution >= 0.6 is 46.7 Å². The Balaban J connectivity index is 1.37. The SMILES string of the molecule is [C-]#[N+]/C(COOCC(COOC/C([N+]#[C-])=C1\Sc2cc(Cl)ccc2N1CCC(C)OC)COC(=O)C=C)=C1/Sc2cc(Cl)ccc2N1CCC(C)OC. The molecular weight excluding hydrogens is 763 g/mol. The van der Waals surface area contributed by atoms with Gasteiger partial charge >= 0.3 is 5.97 Å². The van der Waals surface area contributed by atoms with Crippen LogP contribution in [0.2, 0.25) is 10.0 Å². The van der Waals surface area contributed by atoms with Gasteiger partial charge in [0.2, 0.25) is 11.4 Å². The van der Waals surface area contributed by atoms with E-state index in [-0.39, 0.29) is 45.2 Å². The van der Waals surface area contributed by atoms with E-state index in [1.165, 1.54) is 23.5 Å². The second-order valence-corrected chi connectivity index (χ2v) is 14.9. The van der Waals surface area contributed by atoms with Crippen LogP contribution in [0.25, 0.3) is 9.69 Å². The number of anilines is 2. The van der Waals surface area contributed by atoms with E-state index in [4.69, 9.17) is 70.1 Å². The highest BCUT2D eigenvalue weighted by Crippen LogP contribution is 2.49. The lowest BCUT2D eigenvalue weighted by molar-refractivity contribution is -0.322. The third-order valence-corrected chi connectivity index (χ3v) is 11.1. The number of carbonyl (C=O) groups is 1. The zero-order valence-corrected chi connectivity index (χ0v) is 33.1. The van der Waals surface area contributed by atoms with Gasteiger partial charge in [-0.1, -0.05) is 53.3 Å². The van der Waals surface area contributed by atoms with Crippen molar-refractivity contribution >= 4 is 64.1 Å². The fourth-order valence-electron chi connectivity index (χ4n) is 5.02. The molecule has 0 saturated carbocycles. The monoisotopic (exact) mass is 804 g/mol. The summed E-state index contributed by atoms with van der Waals surface area (Å²) in [6, 6.07) is 11.3. The molecular formula is C37H42Cl2N4O8S2. The smallest absolute Gasteiger partial charge is 0.330 e. The van der Waals surface area contributed by atoms with Gasteiger partial charge in [0.1, 0.15) is 13.2 Å². The lowest BCUT2D eigenvalue weighted by Gasteiger charge is -2.23. The second kappa shape index (κ2) is 21.6. The molecule has 0 amide bonds. The Bertz CT molecular complexity index is 1630. The van der Waals surface area contributed by atoms with Gasteiger partial charge in [0, 0.05) is 59.1 Å². The number of fused-ring (bicyclic) bond motifs is 2. The number of carbonyl (C=O) groups excluding carboxylic acids is 1. The molecule has 12 nitrogen and oxygen atoms in total. The molecule has 2 aromatic carbocycles. The first-order valence-electron chi connectivity index (χ1n) is 16.7. The van der Waals surface area contributed by atoms with Gasteiger partial charge in [-0.2, -0.15) is 0 Å². The van der Waals surface area contributed by atoms with E-state index in [2.05, 4.69) is 26.1 Å².